The Bertz CT molecular complexity index is 1020. The molecular formula is C24H23NO5. The maximum atomic E-state index is 12.8. The van der Waals surface area contributed by atoms with Gasteiger partial charge in [0, 0.05) is 11.1 Å². The Labute approximate surface area is 175 Å². The van der Waals surface area contributed by atoms with Crippen molar-refractivity contribution in [3.8, 4) is 11.5 Å². The minimum atomic E-state index is -0.649. The first kappa shape index (κ1) is 20.9. The highest BCUT2D eigenvalue weighted by Gasteiger charge is 2.23. The summed E-state index contributed by atoms with van der Waals surface area (Å²) in [7, 11) is 3.00. The lowest BCUT2D eigenvalue weighted by molar-refractivity contribution is 0.0339. The highest BCUT2D eigenvalue weighted by atomic mass is 16.5. The molecule has 1 amide bonds. The van der Waals surface area contributed by atoms with Crippen LogP contribution in [0.3, 0.4) is 0 Å². The van der Waals surface area contributed by atoms with Crippen molar-refractivity contribution in [1.29, 1.82) is 0 Å². The zero-order valence-electron chi connectivity index (χ0n) is 17.0. The molecule has 0 heterocycles. The SMILES string of the molecule is COc1ccc([C@H](C)OC(=O)c2ccccc2)c(NC(=O)c2ccccc2)c1OC. The van der Waals surface area contributed by atoms with E-state index in [2.05, 4.69) is 5.32 Å². The van der Waals surface area contributed by atoms with Gasteiger partial charge in [-0.1, -0.05) is 36.4 Å². The van der Waals surface area contributed by atoms with Crippen LogP contribution in [-0.4, -0.2) is 26.1 Å². The third-order valence-corrected chi connectivity index (χ3v) is 4.58. The number of esters is 1. The predicted molar refractivity (Wildman–Crippen MR) is 114 cm³/mol. The highest BCUT2D eigenvalue weighted by Crippen LogP contribution is 2.41. The molecule has 1 N–H and O–H groups in total. The average molecular weight is 405 g/mol. The molecule has 0 aliphatic heterocycles. The van der Waals surface area contributed by atoms with Gasteiger partial charge in [-0.05, 0) is 43.3 Å². The fourth-order valence-electron chi connectivity index (χ4n) is 3.05. The summed E-state index contributed by atoms with van der Waals surface area (Å²) in [4.78, 5) is 25.3. The van der Waals surface area contributed by atoms with Crippen LogP contribution in [0.15, 0.2) is 72.8 Å². The molecule has 0 saturated heterocycles. The van der Waals surface area contributed by atoms with Crippen molar-refractivity contribution < 1.29 is 23.8 Å². The van der Waals surface area contributed by atoms with Gasteiger partial charge in [0.25, 0.3) is 5.91 Å². The first-order valence-electron chi connectivity index (χ1n) is 9.42. The molecule has 0 radical (unpaired) electrons. The van der Waals surface area contributed by atoms with Crippen LogP contribution >= 0.6 is 0 Å². The second-order valence-electron chi connectivity index (χ2n) is 6.50. The Hall–Kier alpha value is -3.80. The maximum Gasteiger partial charge on any atom is 0.338 e. The number of hydrogen-bond acceptors (Lipinski definition) is 5. The number of amides is 1. The zero-order valence-corrected chi connectivity index (χ0v) is 17.0. The first-order chi connectivity index (χ1) is 14.5. The standard InChI is InChI=1S/C24H23NO5/c1-16(30-24(27)18-12-8-5-9-13-18)19-14-15-20(28-2)22(29-3)21(19)25-23(26)17-10-6-4-7-11-17/h4-16H,1-3H3,(H,25,26)/t16-/m0/s1. The number of benzene rings is 3. The molecule has 0 saturated carbocycles. The van der Waals surface area contributed by atoms with Crippen molar-refractivity contribution in [1.82, 2.24) is 0 Å². The summed E-state index contributed by atoms with van der Waals surface area (Å²) in [6.45, 7) is 1.74. The smallest absolute Gasteiger partial charge is 0.338 e. The monoisotopic (exact) mass is 405 g/mol. The van der Waals surface area contributed by atoms with E-state index in [0.29, 0.717) is 33.9 Å². The topological polar surface area (TPSA) is 73.9 Å². The number of methoxy groups -OCH3 is 2. The van der Waals surface area contributed by atoms with Gasteiger partial charge >= 0.3 is 5.97 Å². The van der Waals surface area contributed by atoms with Crippen LogP contribution in [0.2, 0.25) is 0 Å². The van der Waals surface area contributed by atoms with E-state index in [4.69, 9.17) is 14.2 Å². The van der Waals surface area contributed by atoms with Gasteiger partial charge in [0.15, 0.2) is 11.5 Å². The molecule has 0 fully saturated rings. The van der Waals surface area contributed by atoms with Gasteiger partial charge in [0.1, 0.15) is 6.10 Å². The van der Waals surface area contributed by atoms with Crippen LogP contribution in [0.4, 0.5) is 5.69 Å². The molecule has 0 bridgehead atoms. The summed E-state index contributed by atoms with van der Waals surface area (Å²) in [5.41, 5.74) is 1.90. The Balaban J connectivity index is 1.95. The molecule has 3 rings (SSSR count). The third-order valence-electron chi connectivity index (χ3n) is 4.58. The fourth-order valence-corrected chi connectivity index (χ4v) is 3.05. The van der Waals surface area contributed by atoms with E-state index in [0.717, 1.165) is 0 Å². The maximum absolute atomic E-state index is 12.8. The van der Waals surface area contributed by atoms with Crippen molar-refractivity contribution in [3.05, 3.63) is 89.5 Å². The Morgan fingerprint density at radius 2 is 1.40 bits per heavy atom. The summed E-state index contributed by atoms with van der Waals surface area (Å²) < 4.78 is 16.5. The lowest BCUT2D eigenvalue weighted by Gasteiger charge is -2.21. The Morgan fingerprint density at radius 3 is 1.97 bits per heavy atom. The van der Waals surface area contributed by atoms with Crippen LogP contribution in [0.25, 0.3) is 0 Å². The van der Waals surface area contributed by atoms with Gasteiger partial charge in [-0.3, -0.25) is 4.79 Å². The van der Waals surface area contributed by atoms with E-state index in [1.54, 1.807) is 67.6 Å². The molecule has 3 aromatic carbocycles. The van der Waals surface area contributed by atoms with Gasteiger partial charge in [-0.25, -0.2) is 4.79 Å². The number of rotatable bonds is 7. The zero-order chi connectivity index (χ0) is 21.5. The van der Waals surface area contributed by atoms with Gasteiger partial charge in [-0.2, -0.15) is 0 Å². The minimum absolute atomic E-state index is 0.315. The summed E-state index contributed by atoms with van der Waals surface area (Å²) in [5, 5.41) is 2.88. The van der Waals surface area contributed by atoms with E-state index >= 15 is 0 Å². The summed E-state index contributed by atoms with van der Waals surface area (Å²) in [6.07, 6.45) is -0.649. The molecule has 0 unspecified atom stereocenters. The third kappa shape index (κ3) is 4.60. The Morgan fingerprint density at radius 1 is 0.800 bits per heavy atom. The molecule has 0 aliphatic rings. The van der Waals surface area contributed by atoms with Crippen LogP contribution in [0.1, 0.15) is 39.3 Å². The lowest BCUT2D eigenvalue weighted by Crippen LogP contribution is -2.17. The molecular weight excluding hydrogens is 382 g/mol. The number of anilines is 1. The van der Waals surface area contributed by atoms with E-state index in [1.807, 2.05) is 12.1 Å². The predicted octanol–water partition coefficient (Wildman–Crippen LogP) is 4.87. The Kier molecular flexibility index (Phi) is 6.70. The van der Waals surface area contributed by atoms with E-state index in [1.165, 1.54) is 14.2 Å². The molecule has 30 heavy (non-hydrogen) atoms. The average Bonchev–Trinajstić information content (AvgIpc) is 2.79. The van der Waals surface area contributed by atoms with Crippen molar-refractivity contribution in [2.75, 3.05) is 19.5 Å². The number of carbonyl (C=O) groups excluding carboxylic acids is 2. The van der Waals surface area contributed by atoms with Gasteiger partial charge in [-0.15, -0.1) is 0 Å². The van der Waals surface area contributed by atoms with Crippen molar-refractivity contribution in [2.45, 2.75) is 13.0 Å². The molecule has 0 spiro atoms. The van der Waals surface area contributed by atoms with Gasteiger partial charge in [0.2, 0.25) is 0 Å². The number of carbonyl (C=O) groups is 2. The first-order valence-corrected chi connectivity index (χ1v) is 9.42. The minimum Gasteiger partial charge on any atom is -0.493 e. The molecule has 0 aromatic heterocycles. The van der Waals surface area contributed by atoms with Crippen LogP contribution < -0.4 is 14.8 Å². The van der Waals surface area contributed by atoms with Crippen LogP contribution in [-0.2, 0) is 4.74 Å². The number of hydrogen-bond donors (Lipinski definition) is 1. The molecule has 3 aromatic rings. The van der Waals surface area contributed by atoms with E-state index < -0.39 is 12.1 Å². The summed E-state index contributed by atoms with van der Waals surface area (Å²) >= 11 is 0. The lowest BCUT2D eigenvalue weighted by atomic mass is 10.1. The summed E-state index contributed by atoms with van der Waals surface area (Å²) in [6, 6.07) is 21.0. The largest absolute Gasteiger partial charge is 0.493 e. The quantitative estimate of drug-likeness (QED) is 0.568. The van der Waals surface area contributed by atoms with Crippen molar-refractivity contribution >= 4 is 17.6 Å². The van der Waals surface area contributed by atoms with E-state index in [-0.39, 0.29) is 5.91 Å². The van der Waals surface area contributed by atoms with Crippen LogP contribution in [0, 0.1) is 0 Å². The van der Waals surface area contributed by atoms with Gasteiger partial charge in [0.05, 0.1) is 25.5 Å². The molecule has 6 nitrogen and oxygen atoms in total. The van der Waals surface area contributed by atoms with E-state index in [9.17, 15) is 9.59 Å². The number of nitrogens with one attached hydrogen (secondary N) is 1. The van der Waals surface area contributed by atoms with Crippen molar-refractivity contribution in [3.63, 3.8) is 0 Å². The van der Waals surface area contributed by atoms with Crippen molar-refractivity contribution in [2.24, 2.45) is 0 Å². The molecule has 1 atom stereocenters. The van der Waals surface area contributed by atoms with Gasteiger partial charge < -0.3 is 19.5 Å². The molecule has 6 heteroatoms. The number of ether oxygens (including phenoxy) is 3. The highest BCUT2D eigenvalue weighted by molar-refractivity contribution is 6.05. The summed E-state index contributed by atoms with van der Waals surface area (Å²) in [5.74, 6) is 0.0244. The fraction of sp³-hybridized carbons (Fsp3) is 0.167. The second kappa shape index (κ2) is 9.60. The molecule has 154 valence electrons. The second-order valence-corrected chi connectivity index (χ2v) is 6.50. The van der Waals surface area contributed by atoms with Crippen LogP contribution in [0.5, 0.6) is 11.5 Å². The molecule has 0 aliphatic carbocycles. The normalized spacial score (nSPS) is 11.3.